The third-order valence-corrected chi connectivity index (χ3v) is 22.3. The zero-order valence-electron chi connectivity index (χ0n) is 47.1. The van der Waals surface area contributed by atoms with E-state index in [1.807, 2.05) is 54.6 Å². The molecule has 2 N–H and O–H groups in total. The molecule has 0 radical (unpaired) electrons. The maximum Gasteiger partial charge on any atom is 0.501 e. The first-order chi connectivity index (χ1) is 37.7. The van der Waals surface area contributed by atoms with Gasteiger partial charge in [-0.05, 0) is 184 Å². The number of hydrogen-bond donors (Lipinski definition) is 2. The predicted molar refractivity (Wildman–Crippen MR) is 322 cm³/mol. The Morgan fingerprint density at radius 1 is 0.747 bits per heavy atom. The van der Waals surface area contributed by atoms with Crippen LogP contribution in [0, 0.1) is 37.5 Å². The van der Waals surface area contributed by atoms with Gasteiger partial charge in [-0.1, -0.05) is 99.7 Å². The third-order valence-electron chi connectivity index (χ3n) is 17.1. The van der Waals surface area contributed by atoms with Crippen LogP contribution < -0.4 is 25.1 Å². The summed E-state index contributed by atoms with van der Waals surface area (Å²) in [5, 5.41) is 13.4. The van der Waals surface area contributed by atoms with Crippen molar-refractivity contribution in [1.82, 2.24) is 0 Å². The summed E-state index contributed by atoms with van der Waals surface area (Å²) in [6.45, 7) is 19.2. The van der Waals surface area contributed by atoms with Gasteiger partial charge in [0.05, 0.1) is 30.2 Å². The Labute approximate surface area is 472 Å². The minimum atomic E-state index is -5.91. The van der Waals surface area contributed by atoms with E-state index >= 15 is 4.57 Å². The maximum absolute atomic E-state index is 15.1. The van der Waals surface area contributed by atoms with Crippen LogP contribution >= 0.6 is 19.3 Å². The van der Waals surface area contributed by atoms with E-state index in [-0.39, 0.29) is 30.2 Å². The quantitative estimate of drug-likeness (QED) is 0.0472. The third kappa shape index (κ3) is 13.4. The highest BCUT2D eigenvalue weighted by Crippen LogP contribution is 2.56. The van der Waals surface area contributed by atoms with Crippen LogP contribution in [0.15, 0.2) is 136 Å². The van der Waals surface area contributed by atoms with Crippen LogP contribution in [0.2, 0.25) is 0 Å². The monoisotopic (exact) mass is 1140 g/mol. The van der Waals surface area contributed by atoms with Gasteiger partial charge in [0, 0.05) is 65.8 Å². The van der Waals surface area contributed by atoms with Gasteiger partial charge in [0.2, 0.25) is 0 Å². The van der Waals surface area contributed by atoms with Crippen molar-refractivity contribution in [2.24, 2.45) is 23.7 Å². The molecule has 9 nitrogen and oxygen atoms in total. The SMILES string of the molecule is CC1=C(C)C(CCC(C)C)C(c2ccc(C)cc2)=C1c1cc(C)cc(N2CCN(c3ccc(N4CCO[P@]4(=O)c4ccc(N[C@H](CCCC5CCC(O)CCC5C)CSc5ccccc5)c(S(=O)(=O)C(F)(F)F)c4)cc3)CC2)c1. The minimum Gasteiger partial charge on any atom is -0.393 e. The number of nitrogens with zero attached hydrogens (tertiary/aromatic N) is 3. The molecule has 0 spiro atoms. The van der Waals surface area contributed by atoms with E-state index in [9.17, 15) is 26.7 Å². The van der Waals surface area contributed by atoms with Crippen molar-refractivity contribution in [2.45, 2.75) is 134 Å². The molecule has 2 saturated heterocycles. The van der Waals surface area contributed by atoms with Crippen LogP contribution in [0.3, 0.4) is 0 Å². The predicted octanol–water partition coefficient (Wildman–Crippen LogP) is 15.5. The second kappa shape index (κ2) is 25.0. The lowest BCUT2D eigenvalue weighted by Gasteiger charge is -2.38. The summed E-state index contributed by atoms with van der Waals surface area (Å²) in [5.41, 5.74) is 7.60. The summed E-state index contributed by atoms with van der Waals surface area (Å²) in [7, 11) is -9.99. The number of aliphatic hydroxyl groups is 1. The molecule has 0 bridgehead atoms. The molecule has 4 unspecified atom stereocenters. The first kappa shape index (κ1) is 58.7. The van der Waals surface area contributed by atoms with E-state index in [0.717, 1.165) is 87.8 Å². The molecule has 9 rings (SSSR count). The Kier molecular flexibility index (Phi) is 18.6. The minimum absolute atomic E-state index is 0.0408. The van der Waals surface area contributed by atoms with Crippen molar-refractivity contribution in [3.05, 3.63) is 149 Å². The van der Waals surface area contributed by atoms with Crippen molar-refractivity contribution in [1.29, 1.82) is 0 Å². The molecule has 3 fully saturated rings. The fourth-order valence-corrected chi connectivity index (χ4v) is 16.6. The van der Waals surface area contributed by atoms with E-state index in [2.05, 4.69) is 106 Å². The molecule has 2 heterocycles. The van der Waals surface area contributed by atoms with Gasteiger partial charge in [-0.2, -0.15) is 13.2 Å². The fourth-order valence-electron chi connectivity index (χ4n) is 12.3. The van der Waals surface area contributed by atoms with E-state index < -0.39 is 33.8 Å². The Bertz CT molecular complexity index is 3140. The number of aryl methyl sites for hydroxylation is 2. The van der Waals surface area contributed by atoms with Crippen LogP contribution in [0.4, 0.5) is 35.9 Å². The smallest absolute Gasteiger partial charge is 0.393 e. The summed E-state index contributed by atoms with van der Waals surface area (Å²) in [4.78, 5) is 4.80. The Balaban J connectivity index is 0.914. The molecular formula is C64H80F3N4O5PS2. The molecule has 0 aromatic heterocycles. The van der Waals surface area contributed by atoms with Crippen molar-refractivity contribution in [2.75, 3.05) is 64.9 Å². The molecule has 5 aromatic rings. The van der Waals surface area contributed by atoms with Crippen LogP contribution in [0.1, 0.15) is 115 Å². The van der Waals surface area contributed by atoms with Gasteiger partial charge in [0.25, 0.3) is 9.84 Å². The zero-order chi connectivity index (χ0) is 56.2. The average Bonchev–Trinajstić information content (AvgIpc) is 4.18. The fraction of sp³-hybridized carbons (Fsp3) is 0.469. The summed E-state index contributed by atoms with van der Waals surface area (Å²) < 4.78 is 93.6. The average molecular weight is 1140 g/mol. The first-order valence-electron chi connectivity index (χ1n) is 28.5. The van der Waals surface area contributed by atoms with Gasteiger partial charge in [0.15, 0.2) is 0 Å². The number of rotatable bonds is 19. The highest BCUT2D eigenvalue weighted by atomic mass is 32.2. The van der Waals surface area contributed by atoms with Crippen molar-refractivity contribution in [3.63, 3.8) is 0 Å². The number of hydrogen-bond acceptors (Lipinski definition) is 9. The number of halogens is 3. The Morgan fingerprint density at radius 3 is 2.10 bits per heavy atom. The molecule has 15 heteroatoms. The van der Waals surface area contributed by atoms with E-state index in [1.165, 1.54) is 68.8 Å². The molecule has 424 valence electrons. The standard InChI is InChI=1S/C64H80F3N4O5PS2/c1-43(2)16-30-59-47(6)48(7)62(63(59)50-20-17-44(3)18-21-50)51-38-45(4)39-55(40-51)70-34-32-69(33-35-70)53-23-25-54(26-24-53)71-36-37-76-77(71,73)57-29-31-60(61(41-57)79(74,75)64(65,66)67)68-52(42-78-58-14-9-8-10-15-58)13-11-12-49-22-28-56(72)27-19-46(49)5/h8-10,14-15,17-18,20-21,23-26,29,31,38-41,43,46,49,52,56,59,68,72H,11-13,16,19,22,27-28,30,32-37,42H2,1-7H3/t46?,49?,52-,56?,59?,77-/m1/s1. The molecule has 79 heavy (non-hydrogen) atoms. The maximum atomic E-state index is 15.1. The molecule has 6 atom stereocenters. The second-order valence-electron chi connectivity index (χ2n) is 23.1. The van der Waals surface area contributed by atoms with E-state index in [4.69, 9.17) is 4.52 Å². The largest absolute Gasteiger partial charge is 0.501 e. The van der Waals surface area contributed by atoms with Crippen molar-refractivity contribution in [3.8, 4) is 0 Å². The molecule has 4 aliphatic rings. The van der Waals surface area contributed by atoms with Crippen LogP contribution in [0.25, 0.3) is 11.1 Å². The van der Waals surface area contributed by atoms with Gasteiger partial charge >= 0.3 is 13.0 Å². The summed E-state index contributed by atoms with van der Waals surface area (Å²) in [5.74, 6) is 2.32. The zero-order valence-corrected chi connectivity index (χ0v) is 49.6. The molecule has 5 aromatic carbocycles. The van der Waals surface area contributed by atoms with Crippen LogP contribution in [-0.4, -0.2) is 76.3 Å². The molecule has 1 saturated carbocycles. The lowest BCUT2D eigenvalue weighted by Crippen LogP contribution is -2.46. The summed E-state index contributed by atoms with van der Waals surface area (Å²) >= 11 is 1.55. The number of allylic oxidation sites excluding steroid dienone is 4. The lowest BCUT2D eigenvalue weighted by molar-refractivity contribution is -0.0435. The Hall–Kier alpha value is -4.98. The van der Waals surface area contributed by atoms with Crippen LogP contribution in [-0.2, 0) is 18.9 Å². The van der Waals surface area contributed by atoms with Crippen LogP contribution in [0.5, 0.6) is 0 Å². The van der Waals surface area contributed by atoms with E-state index in [0.29, 0.717) is 41.5 Å². The molecule has 0 amide bonds. The highest BCUT2D eigenvalue weighted by molar-refractivity contribution is 7.99. The number of aliphatic hydroxyl groups excluding tert-OH is 1. The molecule has 2 aliphatic carbocycles. The van der Waals surface area contributed by atoms with Crippen molar-refractivity contribution < 1.29 is 35.8 Å². The molecule has 2 aliphatic heterocycles. The number of anilines is 4. The molecular weight excluding hydrogens is 1060 g/mol. The van der Waals surface area contributed by atoms with Gasteiger partial charge in [0.1, 0.15) is 4.90 Å². The first-order valence-corrected chi connectivity index (χ1v) is 32.6. The van der Waals surface area contributed by atoms with Gasteiger partial charge in [-0.3, -0.25) is 9.24 Å². The Morgan fingerprint density at radius 2 is 1.42 bits per heavy atom. The summed E-state index contributed by atoms with van der Waals surface area (Å²) in [6, 6.07) is 36.7. The summed E-state index contributed by atoms with van der Waals surface area (Å²) in [6.07, 6.45) is 7.63. The topological polar surface area (TPSA) is 102 Å². The normalized spacial score (nSPS) is 22.8. The number of sulfone groups is 1. The van der Waals surface area contributed by atoms with Gasteiger partial charge in [-0.15, -0.1) is 11.8 Å². The van der Waals surface area contributed by atoms with Crippen molar-refractivity contribution >= 4 is 68.3 Å². The highest BCUT2D eigenvalue weighted by Gasteiger charge is 2.49. The number of thioether (sulfide) groups is 1. The number of alkyl halides is 3. The van der Waals surface area contributed by atoms with E-state index in [1.54, 1.807) is 16.4 Å². The van der Waals surface area contributed by atoms with Gasteiger partial charge in [-0.25, -0.2) is 8.42 Å². The van der Waals surface area contributed by atoms with Gasteiger partial charge < -0.3 is 24.7 Å². The number of nitrogens with one attached hydrogen (secondary N) is 1. The second-order valence-corrected chi connectivity index (χ2v) is 28.4. The lowest BCUT2D eigenvalue weighted by atomic mass is 9.84. The number of benzene rings is 5. The number of piperazine rings is 1.